The number of furan rings is 1. The fraction of sp³-hybridized carbons (Fsp3) is 0.286. The molecule has 2 nitrogen and oxygen atoms in total. The Labute approximate surface area is 95.5 Å². The van der Waals surface area contributed by atoms with E-state index < -0.39 is 6.10 Å². The van der Waals surface area contributed by atoms with Crippen molar-refractivity contribution in [1.82, 2.24) is 0 Å². The van der Waals surface area contributed by atoms with E-state index in [2.05, 4.69) is 6.92 Å². The minimum atomic E-state index is -0.599. The van der Waals surface area contributed by atoms with Gasteiger partial charge >= 0.3 is 0 Å². The number of hydrogen-bond donors (Lipinski definition) is 1. The standard InChI is InChI=1S/C14H16O2/c1-9-4-5-12(8-10(9)2)14(15)13-6-7-16-11(13)3/h4-8,14-15H,1-3H3. The van der Waals surface area contributed by atoms with Crippen LogP contribution < -0.4 is 0 Å². The van der Waals surface area contributed by atoms with Crippen molar-refractivity contribution < 1.29 is 9.52 Å². The predicted molar refractivity (Wildman–Crippen MR) is 63.4 cm³/mol. The Morgan fingerprint density at radius 2 is 1.81 bits per heavy atom. The van der Waals surface area contributed by atoms with Crippen LogP contribution in [0.3, 0.4) is 0 Å². The van der Waals surface area contributed by atoms with Gasteiger partial charge in [0, 0.05) is 5.56 Å². The summed E-state index contributed by atoms with van der Waals surface area (Å²) in [5.74, 6) is 0.769. The third kappa shape index (κ3) is 1.89. The van der Waals surface area contributed by atoms with Crippen LogP contribution in [0.15, 0.2) is 34.9 Å². The quantitative estimate of drug-likeness (QED) is 0.835. The second-order valence-corrected chi connectivity index (χ2v) is 4.18. The van der Waals surface area contributed by atoms with Crippen molar-refractivity contribution in [2.24, 2.45) is 0 Å². The summed E-state index contributed by atoms with van der Waals surface area (Å²) < 4.78 is 5.20. The van der Waals surface area contributed by atoms with Gasteiger partial charge in [0.2, 0.25) is 0 Å². The molecule has 1 atom stereocenters. The molecule has 0 fully saturated rings. The van der Waals surface area contributed by atoms with E-state index in [4.69, 9.17) is 4.42 Å². The van der Waals surface area contributed by atoms with Crippen LogP contribution in [0.25, 0.3) is 0 Å². The summed E-state index contributed by atoms with van der Waals surface area (Å²) in [5, 5.41) is 10.2. The average Bonchev–Trinajstić information content (AvgIpc) is 2.67. The lowest BCUT2D eigenvalue weighted by Gasteiger charge is -2.12. The molecule has 0 spiro atoms. The maximum atomic E-state index is 10.2. The smallest absolute Gasteiger partial charge is 0.107 e. The molecule has 1 heterocycles. The van der Waals surface area contributed by atoms with E-state index in [0.717, 1.165) is 16.9 Å². The van der Waals surface area contributed by atoms with Crippen molar-refractivity contribution in [2.75, 3.05) is 0 Å². The van der Waals surface area contributed by atoms with Crippen LogP contribution in [-0.2, 0) is 0 Å². The average molecular weight is 216 g/mol. The van der Waals surface area contributed by atoms with E-state index >= 15 is 0 Å². The maximum Gasteiger partial charge on any atom is 0.107 e. The van der Waals surface area contributed by atoms with Gasteiger partial charge in [-0.05, 0) is 43.5 Å². The molecule has 16 heavy (non-hydrogen) atoms. The van der Waals surface area contributed by atoms with E-state index in [-0.39, 0.29) is 0 Å². The van der Waals surface area contributed by atoms with Crippen molar-refractivity contribution >= 4 is 0 Å². The van der Waals surface area contributed by atoms with Crippen LogP contribution in [0.5, 0.6) is 0 Å². The molecular weight excluding hydrogens is 200 g/mol. The monoisotopic (exact) mass is 216 g/mol. The molecule has 0 saturated heterocycles. The normalized spacial score (nSPS) is 12.8. The highest BCUT2D eigenvalue weighted by molar-refractivity contribution is 5.36. The predicted octanol–water partition coefficient (Wildman–Crippen LogP) is 3.29. The van der Waals surface area contributed by atoms with Crippen molar-refractivity contribution in [1.29, 1.82) is 0 Å². The summed E-state index contributed by atoms with van der Waals surface area (Å²) in [6.07, 6.45) is 1.01. The number of hydrogen-bond acceptors (Lipinski definition) is 2. The summed E-state index contributed by atoms with van der Waals surface area (Å²) in [4.78, 5) is 0. The highest BCUT2D eigenvalue weighted by atomic mass is 16.3. The van der Waals surface area contributed by atoms with E-state index in [9.17, 15) is 5.11 Å². The van der Waals surface area contributed by atoms with E-state index in [1.54, 1.807) is 6.26 Å². The molecule has 0 bridgehead atoms. The van der Waals surface area contributed by atoms with Gasteiger partial charge in [0.25, 0.3) is 0 Å². The zero-order valence-corrected chi connectivity index (χ0v) is 9.82. The first-order chi connectivity index (χ1) is 7.59. The van der Waals surface area contributed by atoms with Crippen molar-refractivity contribution in [3.05, 3.63) is 58.5 Å². The topological polar surface area (TPSA) is 33.4 Å². The molecule has 0 aliphatic rings. The second-order valence-electron chi connectivity index (χ2n) is 4.18. The number of aliphatic hydroxyl groups excluding tert-OH is 1. The molecule has 84 valence electrons. The van der Waals surface area contributed by atoms with Crippen LogP contribution in [0.4, 0.5) is 0 Å². The Bertz CT molecular complexity index is 497. The molecule has 2 heteroatoms. The Balaban J connectivity index is 2.38. The lowest BCUT2D eigenvalue weighted by molar-refractivity contribution is 0.218. The minimum absolute atomic E-state index is 0.599. The number of aryl methyl sites for hydroxylation is 3. The molecule has 0 radical (unpaired) electrons. The van der Waals surface area contributed by atoms with Gasteiger partial charge in [-0.2, -0.15) is 0 Å². The van der Waals surface area contributed by atoms with Crippen LogP contribution in [-0.4, -0.2) is 5.11 Å². The molecule has 2 rings (SSSR count). The second kappa shape index (κ2) is 4.14. The molecule has 0 amide bonds. The van der Waals surface area contributed by atoms with Crippen molar-refractivity contribution in [3.63, 3.8) is 0 Å². The van der Waals surface area contributed by atoms with E-state index in [0.29, 0.717) is 0 Å². The van der Waals surface area contributed by atoms with Gasteiger partial charge < -0.3 is 9.52 Å². The lowest BCUT2D eigenvalue weighted by Crippen LogP contribution is -2.00. The number of benzene rings is 1. The first-order valence-electron chi connectivity index (χ1n) is 5.39. The van der Waals surface area contributed by atoms with Crippen molar-refractivity contribution in [3.8, 4) is 0 Å². The maximum absolute atomic E-state index is 10.2. The summed E-state index contributed by atoms with van der Waals surface area (Å²) >= 11 is 0. The van der Waals surface area contributed by atoms with Gasteiger partial charge in [-0.1, -0.05) is 18.2 Å². The summed E-state index contributed by atoms with van der Waals surface area (Å²) in [6.45, 7) is 5.97. The third-order valence-corrected chi connectivity index (χ3v) is 3.04. The molecule has 1 N–H and O–H groups in total. The molecule has 0 saturated carbocycles. The molecule has 1 aromatic carbocycles. The SMILES string of the molecule is Cc1ccc(C(O)c2ccoc2C)cc1C. The van der Waals surface area contributed by atoms with E-state index in [1.807, 2.05) is 38.1 Å². The zero-order valence-electron chi connectivity index (χ0n) is 9.82. The van der Waals surface area contributed by atoms with Gasteiger partial charge in [0.15, 0.2) is 0 Å². The highest BCUT2D eigenvalue weighted by Crippen LogP contribution is 2.26. The fourth-order valence-corrected chi connectivity index (χ4v) is 1.79. The van der Waals surface area contributed by atoms with E-state index in [1.165, 1.54) is 11.1 Å². The number of aliphatic hydroxyl groups is 1. The number of rotatable bonds is 2. The van der Waals surface area contributed by atoms with Crippen LogP contribution in [0.2, 0.25) is 0 Å². The molecular formula is C14H16O2. The Kier molecular flexibility index (Phi) is 2.84. The van der Waals surface area contributed by atoms with Crippen LogP contribution >= 0.6 is 0 Å². The molecule has 1 unspecified atom stereocenters. The molecule has 0 aliphatic carbocycles. The highest BCUT2D eigenvalue weighted by Gasteiger charge is 2.15. The first kappa shape index (κ1) is 11.0. The van der Waals surface area contributed by atoms with Gasteiger partial charge in [0.1, 0.15) is 11.9 Å². The van der Waals surface area contributed by atoms with Gasteiger partial charge in [-0.15, -0.1) is 0 Å². The zero-order chi connectivity index (χ0) is 11.7. The summed E-state index contributed by atoms with van der Waals surface area (Å²) in [5.41, 5.74) is 4.17. The van der Waals surface area contributed by atoms with Crippen LogP contribution in [0, 0.1) is 20.8 Å². The third-order valence-electron chi connectivity index (χ3n) is 3.04. The summed E-state index contributed by atoms with van der Waals surface area (Å²) in [6, 6.07) is 7.82. The van der Waals surface area contributed by atoms with Crippen LogP contribution in [0.1, 0.15) is 34.1 Å². The van der Waals surface area contributed by atoms with Crippen molar-refractivity contribution in [2.45, 2.75) is 26.9 Å². The molecule has 0 aliphatic heterocycles. The minimum Gasteiger partial charge on any atom is -0.469 e. The van der Waals surface area contributed by atoms with Gasteiger partial charge in [0.05, 0.1) is 6.26 Å². The molecule has 1 aromatic heterocycles. The lowest BCUT2D eigenvalue weighted by atomic mass is 9.98. The van der Waals surface area contributed by atoms with Gasteiger partial charge in [-0.3, -0.25) is 0 Å². The Morgan fingerprint density at radius 1 is 1.06 bits per heavy atom. The first-order valence-corrected chi connectivity index (χ1v) is 5.39. The fourth-order valence-electron chi connectivity index (χ4n) is 1.79. The largest absolute Gasteiger partial charge is 0.469 e. The molecule has 2 aromatic rings. The Morgan fingerprint density at radius 3 is 2.38 bits per heavy atom. The Hall–Kier alpha value is -1.54. The summed E-state index contributed by atoms with van der Waals surface area (Å²) in [7, 11) is 0. The van der Waals surface area contributed by atoms with Gasteiger partial charge in [-0.25, -0.2) is 0 Å².